The predicted molar refractivity (Wildman–Crippen MR) is 43.1 cm³/mol. The lowest BCUT2D eigenvalue weighted by Gasteiger charge is -1.72. The van der Waals surface area contributed by atoms with Crippen molar-refractivity contribution in [3.63, 3.8) is 0 Å². The fourth-order valence-corrected chi connectivity index (χ4v) is 0.414. The number of rotatable bonds is 3. The van der Waals surface area contributed by atoms with Gasteiger partial charge in [0.15, 0.2) is 0 Å². The van der Waals surface area contributed by atoms with Crippen molar-refractivity contribution in [3.8, 4) is 0 Å². The maximum atomic E-state index is 3.66. The fourth-order valence-electron chi connectivity index (χ4n) is 0.414. The van der Waals surface area contributed by atoms with E-state index < -0.39 is 0 Å². The van der Waals surface area contributed by atoms with Gasteiger partial charge in [0.1, 0.15) is 0 Å². The molecule has 0 aromatic rings. The highest BCUT2D eigenvalue weighted by Gasteiger charge is 1.60. The zero-order valence-electron chi connectivity index (χ0n) is 5.88. The van der Waals surface area contributed by atoms with Crippen LogP contribution < -0.4 is 0 Å². The lowest BCUT2D eigenvalue weighted by molar-refractivity contribution is 1.40. The van der Waals surface area contributed by atoms with Gasteiger partial charge < -0.3 is 0 Å². The summed E-state index contributed by atoms with van der Waals surface area (Å²) in [5.41, 5.74) is 0. The maximum Gasteiger partial charge on any atom is -0.0347 e. The summed E-state index contributed by atoms with van der Waals surface area (Å²) in [5, 5.41) is 0. The third kappa shape index (κ3) is 7.22. The first-order valence-electron chi connectivity index (χ1n) is 3.15. The molecule has 0 rings (SSSR count). The topological polar surface area (TPSA) is 0 Å². The van der Waals surface area contributed by atoms with Crippen LogP contribution >= 0.6 is 0 Å². The average molecular weight is 121 g/mol. The van der Waals surface area contributed by atoms with Crippen molar-refractivity contribution in [1.29, 1.82) is 0 Å². The number of hydrogen-bond acceptors (Lipinski definition) is 0. The molecule has 0 heteroatoms. The molecule has 0 aliphatic carbocycles. The van der Waals surface area contributed by atoms with Gasteiger partial charge in [-0.15, -0.1) is 0 Å². The molecule has 49 valence electrons. The third-order valence-corrected chi connectivity index (χ3v) is 0.829. The van der Waals surface area contributed by atoms with E-state index in [2.05, 4.69) is 6.92 Å². The van der Waals surface area contributed by atoms with E-state index in [1.807, 2.05) is 43.4 Å². The average Bonchev–Trinajstić information content (AvgIpc) is 1.89. The Kier molecular flexibility index (Phi) is 6.59. The molecule has 1 radical (unpaired) electrons. The van der Waals surface area contributed by atoms with Crippen molar-refractivity contribution in [2.24, 2.45) is 0 Å². The Morgan fingerprint density at radius 3 is 2.33 bits per heavy atom. The molecule has 0 spiro atoms. The summed E-state index contributed by atoms with van der Waals surface area (Å²) >= 11 is 0. The van der Waals surface area contributed by atoms with Crippen LogP contribution in [-0.4, -0.2) is 0 Å². The van der Waals surface area contributed by atoms with Gasteiger partial charge in [-0.2, -0.15) is 0 Å². The van der Waals surface area contributed by atoms with E-state index in [0.717, 1.165) is 6.42 Å². The van der Waals surface area contributed by atoms with Gasteiger partial charge in [-0.05, 0) is 20.3 Å². The van der Waals surface area contributed by atoms with Crippen LogP contribution in [0.2, 0.25) is 0 Å². The molecule has 0 nitrogen and oxygen atoms in total. The lowest BCUT2D eigenvalue weighted by atomic mass is 10.4. The Hall–Kier alpha value is -0.780. The summed E-state index contributed by atoms with van der Waals surface area (Å²) in [6.07, 6.45) is 12.8. The van der Waals surface area contributed by atoms with E-state index >= 15 is 0 Å². The van der Waals surface area contributed by atoms with E-state index in [4.69, 9.17) is 0 Å². The highest BCUT2D eigenvalue weighted by atomic mass is 13.7. The summed E-state index contributed by atoms with van der Waals surface area (Å²) in [6.45, 7) is 5.66. The van der Waals surface area contributed by atoms with E-state index in [-0.39, 0.29) is 0 Å². The zero-order chi connectivity index (χ0) is 6.95. The van der Waals surface area contributed by atoms with E-state index in [0.29, 0.717) is 0 Å². The molecule has 0 saturated heterocycles. The van der Waals surface area contributed by atoms with Gasteiger partial charge in [0.25, 0.3) is 0 Å². The largest absolute Gasteiger partial charge is 0.0877 e. The van der Waals surface area contributed by atoms with Crippen molar-refractivity contribution in [2.75, 3.05) is 0 Å². The van der Waals surface area contributed by atoms with Crippen LogP contribution in [0.25, 0.3) is 0 Å². The Balaban J connectivity index is 3.35. The van der Waals surface area contributed by atoms with Crippen molar-refractivity contribution in [1.82, 2.24) is 0 Å². The van der Waals surface area contributed by atoms with Crippen LogP contribution in [0.5, 0.6) is 0 Å². The minimum atomic E-state index is 0.861. The Bertz CT molecular complexity index is 116. The van der Waals surface area contributed by atoms with Crippen LogP contribution in [-0.2, 0) is 0 Å². The standard InChI is InChI=1S/C9H13/c1-3-5-7-9-8-6-4-2/h4-9H,1,3H2,2H3/b6-4+,7-5+,9-8+. The second-order valence-corrected chi connectivity index (χ2v) is 1.63. The molecule has 0 aliphatic heterocycles. The highest BCUT2D eigenvalue weighted by molar-refractivity contribution is 5.10. The number of hydrogen-bond donors (Lipinski definition) is 0. The Labute approximate surface area is 57.6 Å². The van der Waals surface area contributed by atoms with Gasteiger partial charge in [0.05, 0.1) is 0 Å². The summed E-state index contributed by atoms with van der Waals surface area (Å²) in [7, 11) is 0. The zero-order valence-corrected chi connectivity index (χ0v) is 5.88. The SMILES string of the molecule is [CH2]C/C=C/C=C/C=C/C. The van der Waals surface area contributed by atoms with Crippen molar-refractivity contribution < 1.29 is 0 Å². The van der Waals surface area contributed by atoms with Gasteiger partial charge in [-0.1, -0.05) is 36.5 Å². The monoisotopic (exact) mass is 121 g/mol. The van der Waals surface area contributed by atoms with Crippen molar-refractivity contribution in [3.05, 3.63) is 43.4 Å². The van der Waals surface area contributed by atoms with Crippen LogP contribution in [0, 0.1) is 6.92 Å². The first kappa shape index (κ1) is 8.22. The minimum absolute atomic E-state index is 0.861. The molecular formula is C9H13. The van der Waals surface area contributed by atoms with Gasteiger partial charge in [-0.25, -0.2) is 0 Å². The summed E-state index contributed by atoms with van der Waals surface area (Å²) < 4.78 is 0. The van der Waals surface area contributed by atoms with Crippen molar-refractivity contribution >= 4 is 0 Å². The summed E-state index contributed by atoms with van der Waals surface area (Å²) in [4.78, 5) is 0. The van der Waals surface area contributed by atoms with Gasteiger partial charge >= 0.3 is 0 Å². The molecule has 9 heavy (non-hydrogen) atoms. The van der Waals surface area contributed by atoms with E-state index in [1.165, 1.54) is 0 Å². The van der Waals surface area contributed by atoms with Crippen LogP contribution in [0.15, 0.2) is 36.5 Å². The second-order valence-electron chi connectivity index (χ2n) is 1.63. The van der Waals surface area contributed by atoms with E-state index in [9.17, 15) is 0 Å². The molecule has 0 aromatic carbocycles. The highest BCUT2D eigenvalue weighted by Crippen LogP contribution is 1.81. The molecule has 0 heterocycles. The quantitative estimate of drug-likeness (QED) is 0.503. The van der Waals surface area contributed by atoms with Crippen molar-refractivity contribution in [2.45, 2.75) is 13.3 Å². The smallest absolute Gasteiger partial charge is 0.0347 e. The fraction of sp³-hybridized carbons (Fsp3) is 0.222. The normalized spacial score (nSPS) is 12.7. The van der Waals surface area contributed by atoms with E-state index in [1.54, 1.807) is 0 Å². The maximum absolute atomic E-state index is 3.66. The van der Waals surface area contributed by atoms with Crippen LogP contribution in [0.4, 0.5) is 0 Å². The van der Waals surface area contributed by atoms with Gasteiger partial charge in [0, 0.05) is 0 Å². The molecule has 0 aromatic heterocycles. The summed E-state index contributed by atoms with van der Waals surface area (Å²) in [5.74, 6) is 0. The molecule has 0 atom stereocenters. The Morgan fingerprint density at radius 1 is 1.11 bits per heavy atom. The molecule has 0 bridgehead atoms. The molecule has 0 saturated carbocycles. The first-order chi connectivity index (χ1) is 4.41. The molecule has 0 N–H and O–H groups in total. The summed E-state index contributed by atoms with van der Waals surface area (Å²) in [6, 6.07) is 0. The molecule has 0 fully saturated rings. The minimum Gasteiger partial charge on any atom is -0.0877 e. The molecular weight excluding hydrogens is 108 g/mol. The first-order valence-corrected chi connectivity index (χ1v) is 3.15. The third-order valence-electron chi connectivity index (χ3n) is 0.829. The number of allylic oxidation sites excluding steroid dienone is 6. The Morgan fingerprint density at radius 2 is 1.78 bits per heavy atom. The lowest BCUT2D eigenvalue weighted by Crippen LogP contribution is -1.51. The van der Waals surface area contributed by atoms with Crippen LogP contribution in [0.1, 0.15) is 13.3 Å². The van der Waals surface area contributed by atoms with Gasteiger partial charge in [0.2, 0.25) is 0 Å². The molecule has 0 unspecified atom stereocenters. The molecule has 0 aliphatic rings. The van der Waals surface area contributed by atoms with Crippen LogP contribution in [0.3, 0.4) is 0 Å². The molecule has 0 amide bonds. The predicted octanol–water partition coefficient (Wildman–Crippen LogP) is 2.90. The van der Waals surface area contributed by atoms with Gasteiger partial charge in [-0.3, -0.25) is 0 Å². The second kappa shape index (κ2) is 7.22.